The van der Waals surface area contributed by atoms with Gasteiger partial charge in [-0.05, 0) is 42.8 Å². The Bertz CT molecular complexity index is 1090. The highest BCUT2D eigenvalue weighted by Gasteiger charge is 2.39. The number of aromatic carboxylic acids is 1. The molecule has 0 saturated heterocycles. The van der Waals surface area contributed by atoms with E-state index in [4.69, 9.17) is 9.84 Å². The van der Waals surface area contributed by atoms with Gasteiger partial charge in [0.05, 0.1) is 23.9 Å². The average molecular weight is 449 g/mol. The van der Waals surface area contributed by atoms with Crippen LogP contribution < -0.4 is 10.1 Å². The minimum Gasteiger partial charge on any atom is -0.478 e. The molecule has 0 radical (unpaired) electrons. The molecule has 1 amide bonds. The summed E-state index contributed by atoms with van der Waals surface area (Å²) in [6, 6.07) is 9.38. The Kier molecular flexibility index (Phi) is 7.85. The highest BCUT2D eigenvalue weighted by Crippen LogP contribution is 2.22. The predicted molar refractivity (Wildman–Crippen MR) is 107 cm³/mol. The van der Waals surface area contributed by atoms with E-state index in [2.05, 4.69) is 16.6 Å². The fourth-order valence-electron chi connectivity index (χ4n) is 2.43. The van der Waals surface area contributed by atoms with Crippen molar-refractivity contribution >= 4 is 23.5 Å². The maximum absolute atomic E-state index is 12.6. The number of alkyl halides is 3. The lowest BCUT2D eigenvalue weighted by Crippen LogP contribution is -2.30. The summed E-state index contributed by atoms with van der Waals surface area (Å²) in [5, 5.41) is 10.7. The summed E-state index contributed by atoms with van der Waals surface area (Å²) in [7, 11) is 1.24. The first-order valence-corrected chi connectivity index (χ1v) is 9.17. The van der Waals surface area contributed by atoms with Gasteiger partial charge in [0, 0.05) is 5.56 Å². The number of carbonyl (C=O) groups is 3. The van der Waals surface area contributed by atoms with Crippen molar-refractivity contribution in [2.24, 2.45) is 0 Å². The van der Waals surface area contributed by atoms with Crippen LogP contribution in [0.3, 0.4) is 0 Å². The Morgan fingerprint density at radius 1 is 1.12 bits per heavy atom. The first kappa shape index (κ1) is 24.3. The Labute approximate surface area is 181 Å². The van der Waals surface area contributed by atoms with Crippen LogP contribution in [0.25, 0.3) is 0 Å². The SMILES string of the molecule is CCC(C#Cc1ccc(C(=O)O)cc1NC(=O)C(F)(F)F)Oc1cccc(C(=O)OC)c1. The Morgan fingerprint density at radius 3 is 2.44 bits per heavy atom. The molecule has 0 spiro atoms. The van der Waals surface area contributed by atoms with Crippen LogP contribution in [0.5, 0.6) is 5.75 Å². The Morgan fingerprint density at radius 2 is 1.84 bits per heavy atom. The van der Waals surface area contributed by atoms with Gasteiger partial charge in [0.1, 0.15) is 5.75 Å². The number of anilines is 1. The van der Waals surface area contributed by atoms with Gasteiger partial charge in [0.15, 0.2) is 6.10 Å². The van der Waals surface area contributed by atoms with E-state index in [0.29, 0.717) is 12.2 Å². The molecule has 0 bridgehead atoms. The van der Waals surface area contributed by atoms with Gasteiger partial charge in [0.2, 0.25) is 0 Å². The van der Waals surface area contributed by atoms with Gasteiger partial charge >= 0.3 is 24.0 Å². The van der Waals surface area contributed by atoms with E-state index in [1.54, 1.807) is 24.4 Å². The molecule has 0 aliphatic rings. The average Bonchev–Trinajstić information content (AvgIpc) is 2.75. The number of carbonyl (C=O) groups excluding carboxylic acids is 2. The van der Waals surface area contributed by atoms with Crippen molar-refractivity contribution in [1.29, 1.82) is 0 Å². The van der Waals surface area contributed by atoms with Gasteiger partial charge in [-0.25, -0.2) is 9.59 Å². The zero-order chi connectivity index (χ0) is 23.9. The second-order valence-electron chi connectivity index (χ2n) is 6.32. The first-order chi connectivity index (χ1) is 15.0. The molecule has 32 heavy (non-hydrogen) atoms. The van der Waals surface area contributed by atoms with E-state index in [0.717, 1.165) is 12.1 Å². The Balaban J connectivity index is 2.32. The van der Waals surface area contributed by atoms with Crippen molar-refractivity contribution in [1.82, 2.24) is 0 Å². The molecule has 2 rings (SSSR count). The maximum Gasteiger partial charge on any atom is 0.471 e. The second kappa shape index (κ2) is 10.3. The molecule has 168 valence electrons. The summed E-state index contributed by atoms with van der Waals surface area (Å²) >= 11 is 0. The quantitative estimate of drug-likeness (QED) is 0.513. The summed E-state index contributed by atoms with van der Waals surface area (Å²) in [5.74, 6) is 1.47. The minimum absolute atomic E-state index is 0.0297. The monoisotopic (exact) mass is 449 g/mol. The van der Waals surface area contributed by atoms with Crippen LogP contribution >= 0.6 is 0 Å². The summed E-state index contributed by atoms with van der Waals surface area (Å²) in [5.41, 5.74) is -0.495. The summed E-state index contributed by atoms with van der Waals surface area (Å²) in [4.78, 5) is 34.1. The molecule has 2 aromatic carbocycles. The standard InChI is InChI=1S/C22H18F3NO6/c1-3-16(32-17-6-4-5-15(11-17)20(29)31-2)10-9-13-7-8-14(19(27)28)12-18(13)26-21(30)22(23,24)25/h4-8,11-12,16H,3H2,1-2H3,(H,26,30)(H,27,28). The molecule has 1 atom stereocenters. The summed E-state index contributed by atoms with van der Waals surface area (Å²) in [6.07, 6.45) is -5.50. The normalized spacial score (nSPS) is 11.5. The number of benzene rings is 2. The molecule has 0 aliphatic heterocycles. The van der Waals surface area contributed by atoms with E-state index in [1.807, 2.05) is 0 Å². The molecule has 0 fully saturated rings. The number of hydrogen-bond donors (Lipinski definition) is 2. The van der Waals surface area contributed by atoms with Crippen molar-refractivity contribution in [3.8, 4) is 17.6 Å². The molecule has 2 aromatic rings. The topological polar surface area (TPSA) is 102 Å². The van der Waals surface area contributed by atoms with E-state index in [1.165, 1.54) is 25.3 Å². The third kappa shape index (κ3) is 6.50. The van der Waals surface area contributed by atoms with Crippen molar-refractivity contribution in [2.45, 2.75) is 25.6 Å². The number of amides is 1. The lowest BCUT2D eigenvalue weighted by atomic mass is 10.1. The van der Waals surface area contributed by atoms with E-state index in [-0.39, 0.29) is 16.7 Å². The number of carboxylic acid groups (broad SMARTS) is 1. The number of halogens is 3. The Hall–Kier alpha value is -4.00. The molecule has 7 nitrogen and oxygen atoms in total. The molecule has 2 N–H and O–H groups in total. The number of hydrogen-bond acceptors (Lipinski definition) is 5. The molecular formula is C22H18F3NO6. The van der Waals surface area contributed by atoms with Crippen LogP contribution in [-0.2, 0) is 9.53 Å². The molecule has 10 heteroatoms. The lowest BCUT2D eigenvalue weighted by Gasteiger charge is -2.13. The van der Waals surface area contributed by atoms with Gasteiger partial charge in [-0.2, -0.15) is 13.2 Å². The van der Waals surface area contributed by atoms with Gasteiger partial charge in [-0.15, -0.1) is 0 Å². The fourth-order valence-corrected chi connectivity index (χ4v) is 2.43. The number of nitrogens with one attached hydrogen (secondary N) is 1. The van der Waals surface area contributed by atoms with Crippen LogP contribution in [0.15, 0.2) is 42.5 Å². The molecule has 0 aliphatic carbocycles. The first-order valence-electron chi connectivity index (χ1n) is 9.17. The third-order valence-electron chi connectivity index (χ3n) is 4.04. The van der Waals surface area contributed by atoms with E-state index >= 15 is 0 Å². The van der Waals surface area contributed by atoms with Crippen molar-refractivity contribution in [2.75, 3.05) is 12.4 Å². The van der Waals surface area contributed by atoms with Crippen LogP contribution in [0.1, 0.15) is 39.6 Å². The van der Waals surface area contributed by atoms with Gasteiger partial charge in [-0.3, -0.25) is 4.79 Å². The van der Waals surface area contributed by atoms with Crippen molar-refractivity contribution in [3.63, 3.8) is 0 Å². The third-order valence-corrected chi connectivity index (χ3v) is 4.04. The highest BCUT2D eigenvalue weighted by molar-refractivity contribution is 5.98. The maximum atomic E-state index is 12.6. The molecule has 0 aromatic heterocycles. The van der Waals surface area contributed by atoms with E-state index in [9.17, 15) is 27.6 Å². The van der Waals surface area contributed by atoms with Gasteiger partial charge < -0.3 is 19.9 Å². The van der Waals surface area contributed by atoms with Crippen LogP contribution in [0, 0.1) is 11.8 Å². The lowest BCUT2D eigenvalue weighted by molar-refractivity contribution is -0.167. The van der Waals surface area contributed by atoms with Crippen LogP contribution in [0.4, 0.5) is 18.9 Å². The van der Waals surface area contributed by atoms with Crippen LogP contribution in [0.2, 0.25) is 0 Å². The minimum atomic E-state index is -5.16. The number of esters is 1. The van der Waals surface area contributed by atoms with Crippen molar-refractivity contribution < 1.29 is 42.1 Å². The number of rotatable bonds is 6. The fraction of sp³-hybridized carbons (Fsp3) is 0.227. The largest absolute Gasteiger partial charge is 0.478 e. The molecule has 0 heterocycles. The van der Waals surface area contributed by atoms with Crippen LogP contribution in [-0.4, -0.2) is 42.3 Å². The predicted octanol–water partition coefficient (Wildman–Crippen LogP) is 3.88. The molecule has 1 unspecified atom stereocenters. The molecule has 0 saturated carbocycles. The van der Waals surface area contributed by atoms with Crippen molar-refractivity contribution in [3.05, 3.63) is 59.2 Å². The summed E-state index contributed by atoms with van der Waals surface area (Å²) in [6.45, 7) is 1.75. The van der Waals surface area contributed by atoms with Gasteiger partial charge in [0.25, 0.3) is 0 Å². The molecular weight excluding hydrogens is 431 g/mol. The van der Waals surface area contributed by atoms with E-state index < -0.39 is 35.8 Å². The number of methoxy groups -OCH3 is 1. The van der Waals surface area contributed by atoms with Gasteiger partial charge in [-0.1, -0.05) is 24.8 Å². The number of ether oxygens (including phenoxy) is 2. The zero-order valence-electron chi connectivity index (χ0n) is 16.9. The number of carboxylic acids is 1. The second-order valence-corrected chi connectivity index (χ2v) is 6.32. The summed E-state index contributed by atoms with van der Waals surface area (Å²) < 4.78 is 48.3. The zero-order valence-corrected chi connectivity index (χ0v) is 16.9. The smallest absolute Gasteiger partial charge is 0.471 e. The highest BCUT2D eigenvalue weighted by atomic mass is 19.4.